The van der Waals surface area contributed by atoms with E-state index in [0.717, 1.165) is 12.8 Å². The fourth-order valence-corrected chi connectivity index (χ4v) is 3.59. The minimum atomic E-state index is -0.411. The summed E-state index contributed by atoms with van der Waals surface area (Å²) in [4.78, 5) is 22.8. The molecule has 4 nitrogen and oxygen atoms in total. The first-order valence-corrected chi connectivity index (χ1v) is 11.8. The highest BCUT2D eigenvalue weighted by atomic mass is 16.5. The highest BCUT2D eigenvalue weighted by Gasteiger charge is 2.28. The van der Waals surface area contributed by atoms with Crippen LogP contribution in [0.15, 0.2) is 12.2 Å². The number of esters is 1. The largest absolute Gasteiger partial charge is 0.464 e. The molecule has 0 unspecified atom stereocenters. The molecule has 1 heterocycles. The number of hydrogen-bond donors (Lipinski definition) is 1. The molecule has 1 N–H and O–H groups in total. The van der Waals surface area contributed by atoms with Crippen LogP contribution in [0, 0.1) is 0 Å². The molecule has 1 aliphatic heterocycles. The van der Waals surface area contributed by atoms with Crippen LogP contribution in [0.3, 0.4) is 0 Å². The third-order valence-corrected chi connectivity index (χ3v) is 5.43. The lowest BCUT2D eigenvalue weighted by molar-refractivity contribution is -0.146. The van der Waals surface area contributed by atoms with E-state index in [0.29, 0.717) is 19.4 Å². The Morgan fingerprint density at radius 1 is 0.893 bits per heavy atom. The Balaban J connectivity index is 1.76. The summed E-state index contributed by atoms with van der Waals surface area (Å²) in [5.74, 6) is -0.316. The number of amides is 1. The van der Waals surface area contributed by atoms with Crippen molar-refractivity contribution < 1.29 is 14.3 Å². The molecular weight excluding hydrogens is 350 g/mol. The topological polar surface area (TPSA) is 55.4 Å². The van der Waals surface area contributed by atoms with Crippen molar-refractivity contribution in [3.05, 3.63) is 12.2 Å². The molecule has 0 aromatic carbocycles. The second-order valence-corrected chi connectivity index (χ2v) is 8.12. The molecule has 1 rings (SSSR count). The van der Waals surface area contributed by atoms with E-state index in [1.54, 1.807) is 0 Å². The monoisotopic (exact) mass is 393 g/mol. The Bertz CT molecular complexity index is 434. The van der Waals surface area contributed by atoms with Gasteiger partial charge >= 0.3 is 5.97 Å². The summed E-state index contributed by atoms with van der Waals surface area (Å²) in [6.07, 6.45) is 25.0. The second-order valence-electron chi connectivity index (χ2n) is 8.12. The van der Waals surface area contributed by atoms with Crippen LogP contribution >= 0.6 is 0 Å². The summed E-state index contributed by atoms with van der Waals surface area (Å²) in [5, 5.41) is 2.64. The van der Waals surface area contributed by atoms with E-state index in [2.05, 4.69) is 24.4 Å². The second kappa shape index (κ2) is 17.8. The zero-order chi connectivity index (χ0) is 20.3. The Kier molecular flexibility index (Phi) is 15.7. The van der Waals surface area contributed by atoms with Crippen LogP contribution in [0.5, 0.6) is 0 Å². The number of hydrogen-bond acceptors (Lipinski definition) is 3. The molecule has 0 aromatic heterocycles. The highest BCUT2D eigenvalue weighted by Crippen LogP contribution is 2.11. The first-order valence-electron chi connectivity index (χ1n) is 11.8. The third kappa shape index (κ3) is 13.8. The lowest BCUT2D eigenvalue weighted by atomic mass is 10.1. The molecule has 1 atom stereocenters. The average Bonchev–Trinajstić information content (AvgIpc) is 3.13. The quantitative estimate of drug-likeness (QED) is 0.170. The predicted octanol–water partition coefficient (Wildman–Crippen LogP) is 6.24. The van der Waals surface area contributed by atoms with E-state index in [4.69, 9.17) is 4.74 Å². The van der Waals surface area contributed by atoms with Gasteiger partial charge in [-0.25, -0.2) is 4.79 Å². The van der Waals surface area contributed by atoms with Gasteiger partial charge < -0.3 is 10.1 Å². The smallest absolute Gasteiger partial charge is 0.328 e. The molecule has 162 valence electrons. The number of rotatable bonds is 18. The standard InChI is InChI=1S/C24H43NO3/c1-2-3-4-5-6-7-8-9-10-11-12-13-14-15-16-17-18-21-28-24(27)22-19-20-23(26)25-22/h10-11,22H,2-9,12-21H2,1H3,(H,25,26)/b11-10+/t22-/m0/s1. The summed E-state index contributed by atoms with van der Waals surface area (Å²) < 4.78 is 5.24. The van der Waals surface area contributed by atoms with Gasteiger partial charge in [-0.2, -0.15) is 0 Å². The van der Waals surface area contributed by atoms with Crippen molar-refractivity contribution in [2.45, 2.75) is 122 Å². The van der Waals surface area contributed by atoms with Crippen LogP contribution in [-0.4, -0.2) is 24.5 Å². The summed E-state index contributed by atoms with van der Waals surface area (Å²) in [7, 11) is 0. The van der Waals surface area contributed by atoms with Crippen LogP contribution in [0.2, 0.25) is 0 Å². The van der Waals surface area contributed by atoms with Gasteiger partial charge in [-0.3, -0.25) is 4.79 Å². The fraction of sp³-hybridized carbons (Fsp3) is 0.833. The molecular formula is C24H43NO3. The van der Waals surface area contributed by atoms with Crippen molar-refractivity contribution >= 4 is 11.9 Å². The maximum absolute atomic E-state index is 11.7. The molecule has 0 radical (unpaired) electrons. The molecule has 1 fully saturated rings. The zero-order valence-corrected chi connectivity index (χ0v) is 18.2. The predicted molar refractivity (Wildman–Crippen MR) is 116 cm³/mol. The minimum Gasteiger partial charge on any atom is -0.464 e. The third-order valence-electron chi connectivity index (χ3n) is 5.43. The molecule has 0 bridgehead atoms. The van der Waals surface area contributed by atoms with E-state index < -0.39 is 6.04 Å². The van der Waals surface area contributed by atoms with Crippen molar-refractivity contribution in [3.8, 4) is 0 Å². The molecule has 0 spiro atoms. The van der Waals surface area contributed by atoms with Gasteiger partial charge in [-0.05, 0) is 38.5 Å². The molecule has 0 aliphatic carbocycles. The molecule has 28 heavy (non-hydrogen) atoms. The first kappa shape index (κ1) is 24.7. The van der Waals surface area contributed by atoms with Crippen LogP contribution in [0.25, 0.3) is 0 Å². The lowest BCUT2D eigenvalue weighted by Gasteiger charge is -2.09. The number of allylic oxidation sites excluding steroid dienone is 2. The average molecular weight is 394 g/mol. The van der Waals surface area contributed by atoms with Gasteiger partial charge in [0.25, 0.3) is 0 Å². The van der Waals surface area contributed by atoms with Gasteiger partial charge in [0, 0.05) is 6.42 Å². The number of carbonyl (C=O) groups excluding carboxylic acids is 2. The van der Waals surface area contributed by atoms with Crippen LogP contribution < -0.4 is 5.32 Å². The highest BCUT2D eigenvalue weighted by molar-refractivity contribution is 5.87. The van der Waals surface area contributed by atoms with Crippen molar-refractivity contribution in [1.82, 2.24) is 5.32 Å². The Hall–Kier alpha value is -1.32. The Morgan fingerprint density at radius 2 is 1.43 bits per heavy atom. The number of unbranched alkanes of at least 4 members (excludes halogenated alkanes) is 13. The van der Waals surface area contributed by atoms with Gasteiger partial charge in [0.2, 0.25) is 5.91 Å². The fourth-order valence-electron chi connectivity index (χ4n) is 3.59. The Labute approximate surface area is 172 Å². The van der Waals surface area contributed by atoms with Crippen LogP contribution in [0.1, 0.15) is 116 Å². The molecule has 1 aliphatic rings. The normalized spacial score (nSPS) is 16.6. The lowest BCUT2D eigenvalue weighted by Crippen LogP contribution is -2.34. The molecule has 1 saturated heterocycles. The SMILES string of the molecule is CCCCCCCCC/C=C/CCCCCCCCOC(=O)[C@@H]1CCC(=O)N1. The van der Waals surface area contributed by atoms with E-state index in [9.17, 15) is 9.59 Å². The molecule has 0 saturated carbocycles. The number of nitrogens with one attached hydrogen (secondary N) is 1. The van der Waals surface area contributed by atoms with E-state index in [1.165, 1.54) is 83.5 Å². The first-order chi connectivity index (χ1) is 13.7. The van der Waals surface area contributed by atoms with Gasteiger partial charge in [0.1, 0.15) is 6.04 Å². The van der Waals surface area contributed by atoms with Crippen molar-refractivity contribution in [3.63, 3.8) is 0 Å². The van der Waals surface area contributed by atoms with E-state index in [-0.39, 0.29) is 11.9 Å². The summed E-state index contributed by atoms with van der Waals surface area (Å²) in [6, 6.07) is -0.411. The number of ether oxygens (including phenoxy) is 1. The Morgan fingerprint density at radius 3 is 1.96 bits per heavy atom. The molecule has 1 amide bonds. The zero-order valence-electron chi connectivity index (χ0n) is 18.2. The van der Waals surface area contributed by atoms with Gasteiger partial charge in [0.15, 0.2) is 0 Å². The van der Waals surface area contributed by atoms with Gasteiger partial charge in [0.05, 0.1) is 6.61 Å². The van der Waals surface area contributed by atoms with Crippen LogP contribution in [0.4, 0.5) is 0 Å². The summed E-state index contributed by atoms with van der Waals surface area (Å²) >= 11 is 0. The van der Waals surface area contributed by atoms with Crippen molar-refractivity contribution in [2.24, 2.45) is 0 Å². The number of carbonyl (C=O) groups is 2. The maximum atomic E-state index is 11.7. The van der Waals surface area contributed by atoms with Crippen molar-refractivity contribution in [1.29, 1.82) is 0 Å². The van der Waals surface area contributed by atoms with Crippen molar-refractivity contribution in [2.75, 3.05) is 6.61 Å². The summed E-state index contributed by atoms with van der Waals surface area (Å²) in [5.41, 5.74) is 0. The van der Waals surface area contributed by atoms with E-state index >= 15 is 0 Å². The molecule has 0 aromatic rings. The van der Waals surface area contributed by atoms with E-state index in [1.807, 2.05) is 0 Å². The summed E-state index contributed by atoms with van der Waals surface area (Å²) in [6.45, 7) is 2.75. The molecule has 4 heteroatoms. The maximum Gasteiger partial charge on any atom is 0.328 e. The van der Waals surface area contributed by atoms with Gasteiger partial charge in [-0.1, -0.05) is 83.3 Å². The van der Waals surface area contributed by atoms with Gasteiger partial charge in [-0.15, -0.1) is 0 Å². The minimum absolute atomic E-state index is 0.0467. The van der Waals surface area contributed by atoms with Crippen LogP contribution in [-0.2, 0) is 14.3 Å².